The van der Waals surface area contributed by atoms with Crippen molar-refractivity contribution in [3.63, 3.8) is 0 Å². The van der Waals surface area contributed by atoms with Crippen molar-refractivity contribution in [3.8, 4) is 0 Å². The molecule has 4 heteroatoms. The van der Waals surface area contributed by atoms with Crippen LogP contribution < -0.4 is 0 Å². The van der Waals surface area contributed by atoms with Crippen molar-refractivity contribution >= 4 is 0 Å². The summed E-state index contributed by atoms with van der Waals surface area (Å²) < 4.78 is 32.7. The van der Waals surface area contributed by atoms with Crippen LogP contribution in [0.2, 0.25) is 0 Å². The minimum atomic E-state index is -1.27. The number of hydrogen-bond donors (Lipinski definition) is 1. The Morgan fingerprint density at radius 1 is 1.22 bits per heavy atom. The van der Waals surface area contributed by atoms with E-state index in [2.05, 4.69) is 0 Å². The second-order valence-electron chi connectivity index (χ2n) is 5.02. The number of aliphatic hydroxyl groups is 1. The molecule has 1 aromatic rings. The molecule has 1 aromatic carbocycles. The Morgan fingerprint density at radius 2 is 1.83 bits per heavy atom. The molecule has 2 nitrogen and oxygen atoms in total. The van der Waals surface area contributed by atoms with Gasteiger partial charge in [-0.2, -0.15) is 0 Å². The van der Waals surface area contributed by atoms with Crippen LogP contribution in [0.4, 0.5) is 8.78 Å². The number of aryl methyl sites for hydroxylation is 1. The first-order chi connectivity index (χ1) is 8.48. The van der Waals surface area contributed by atoms with Gasteiger partial charge in [0.1, 0.15) is 0 Å². The molecule has 0 aromatic heterocycles. The summed E-state index contributed by atoms with van der Waals surface area (Å²) in [4.78, 5) is 0. The van der Waals surface area contributed by atoms with Crippen molar-refractivity contribution in [3.05, 3.63) is 34.9 Å². The lowest BCUT2D eigenvalue weighted by Crippen LogP contribution is -2.35. The minimum Gasteiger partial charge on any atom is -0.385 e. The van der Waals surface area contributed by atoms with Crippen LogP contribution in [0.1, 0.15) is 36.8 Å². The van der Waals surface area contributed by atoms with Gasteiger partial charge < -0.3 is 9.84 Å². The summed E-state index contributed by atoms with van der Waals surface area (Å²) in [6, 6.07) is 3.00. The number of methoxy groups -OCH3 is 1. The fraction of sp³-hybridized carbons (Fsp3) is 0.571. The Bertz CT molecular complexity index is 438. The molecular weight excluding hydrogens is 238 g/mol. The van der Waals surface area contributed by atoms with Gasteiger partial charge in [0.2, 0.25) is 0 Å². The van der Waals surface area contributed by atoms with Crippen LogP contribution in [0.25, 0.3) is 0 Å². The maximum absolute atomic E-state index is 13.9. The van der Waals surface area contributed by atoms with E-state index in [1.165, 1.54) is 19.1 Å². The van der Waals surface area contributed by atoms with E-state index in [-0.39, 0.29) is 17.2 Å². The highest BCUT2D eigenvalue weighted by molar-refractivity contribution is 5.30. The van der Waals surface area contributed by atoms with E-state index in [0.29, 0.717) is 25.7 Å². The summed E-state index contributed by atoms with van der Waals surface area (Å²) in [5.41, 5.74) is -0.946. The average Bonchev–Trinajstić information content (AvgIpc) is 2.37. The van der Waals surface area contributed by atoms with Crippen molar-refractivity contribution in [1.29, 1.82) is 0 Å². The monoisotopic (exact) mass is 256 g/mol. The van der Waals surface area contributed by atoms with Gasteiger partial charge in [0, 0.05) is 12.7 Å². The predicted molar refractivity (Wildman–Crippen MR) is 64.3 cm³/mol. The average molecular weight is 256 g/mol. The number of halogens is 2. The normalized spacial score (nSPS) is 28.4. The molecule has 0 amide bonds. The van der Waals surface area contributed by atoms with Gasteiger partial charge in [-0.3, -0.25) is 0 Å². The summed E-state index contributed by atoms with van der Waals surface area (Å²) >= 11 is 0. The SMILES string of the molecule is COC1CCC(O)(c2ccc(C)c(F)c2F)CC1. The highest BCUT2D eigenvalue weighted by Crippen LogP contribution is 2.39. The molecule has 2 rings (SSSR count). The van der Waals surface area contributed by atoms with Gasteiger partial charge in [0.25, 0.3) is 0 Å². The van der Waals surface area contributed by atoms with E-state index in [0.717, 1.165) is 0 Å². The predicted octanol–water partition coefficient (Wildman–Crippen LogP) is 3.05. The Balaban J connectivity index is 2.29. The number of ether oxygens (including phenoxy) is 1. The molecule has 0 radical (unpaired) electrons. The van der Waals surface area contributed by atoms with Gasteiger partial charge in [-0.1, -0.05) is 12.1 Å². The van der Waals surface area contributed by atoms with Crippen molar-refractivity contribution in [2.75, 3.05) is 7.11 Å². The van der Waals surface area contributed by atoms with Gasteiger partial charge in [0.05, 0.1) is 11.7 Å². The summed E-state index contributed by atoms with van der Waals surface area (Å²) in [5.74, 6) is -1.79. The largest absolute Gasteiger partial charge is 0.385 e. The lowest BCUT2D eigenvalue weighted by molar-refractivity contribution is -0.0497. The van der Waals surface area contributed by atoms with Crippen molar-refractivity contribution in [2.45, 2.75) is 44.3 Å². The molecule has 0 saturated heterocycles. The zero-order valence-electron chi connectivity index (χ0n) is 10.7. The molecule has 1 aliphatic rings. The minimum absolute atomic E-state index is 0.0696. The Kier molecular flexibility index (Phi) is 3.69. The molecule has 0 heterocycles. The summed E-state index contributed by atoms with van der Waals surface area (Å²) in [6.45, 7) is 1.51. The van der Waals surface area contributed by atoms with Crippen molar-refractivity contribution in [1.82, 2.24) is 0 Å². The number of rotatable bonds is 2. The van der Waals surface area contributed by atoms with Gasteiger partial charge in [0.15, 0.2) is 11.6 Å². The summed E-state index contributed by atoms with van der Waals surface area (Å²) in [6.07, 6.45) is 2.20. The molecule has 1 fully saturated rings. The van der Waals surface area contributed by atoms with Crippen LogP contribution in [-0.2, 0) is 10.3 Å². The molecule has 1 N–H and O–H groups in total. The quantitative estimate of drug-likeness (QED) is 0.881. The third-order valence-corrected chi connectivity index (χ3v) is 3.87. The standard InChI is InChI=1S/C14H18F2O2/c1-9-3-4-11(13(16)12(9)15)14(17)7-5-10(18-2)6-8-14/h3-4,10,17H,5-8H2,1-2H3. The third kappa shape index (κ3) is 2.27. The first-order valence-electron chi connectivity index (χ1n) is 6.18. The smallest absolute Gasteiger partial charge is 0.165 e. The Labute approximate surface area is 106 Å². The Morgan fingerprint density at radius 3 is 2.39 bits per heavy atom. The first-order valence-corrected chi connectivity index (χ1v) is 6.18. The molecule has 0 bridgehead atoms. The van der Waals surface area contributed by atoms with Crippen molar-refractivity contribution in [2.24, 2.45) is 0 Å². The lowest BCUT2D eigenvalue weighted by atomic mass is 9.78. The van der Waals surface area contributed by atoms with E-state index >= 15 is 0 Å². The highest BCUT2D eigenvalue weighted by atomic mass is 19.2. The van der Waals surface area contributed by atoms with Crippen LogP contribution in [-0.4, -0.2) is 18.3 Å². The molecule has 0 unspecified atom stereocenters. The molecular formula is C14H18F2O2. The molecule has 0 aliphatic heterocycles. The van der Waals surface area contributed by atoms with Gasteiger partial charge in [-0.25, -0.2) is 8.78 Å². The third-order valence-electron chi connectivity index (χ3n) is 3.87. The lowest BCUT2D eigenvalue weighted by Gasteiger charge is -2.36. The first kappa shape index (κ1) is 13.4. The Hall–Kier alpha value is -1.00. The van der Waals surface area contributed by atoms with Crippen molar-refractivity contribution < 1.29 is 18.6 Å². The van der Waals surface area contributed by atoms with Gasteiger partial charge >= 0.3 is 0 Å². The summed E-state index contributed by atoms with van der Waals surface area (Å²) in [7, 11) is 1.63. The fourth-order valence-corrected chi connectivity index (χ4v) is 2.58. The van der Waals surface area contributed by atoms with Crippen LogP contribution in [0.5, 0.6) is 0 Å². The van der Waals surface area contributed by atoms with Gasteiger partial charge in [-0.05, 0) is 38.2 Å². The van der Waals surface area contributed by atoms with Crippen LogP contribution in [0.15, 0.2) is 12.1 Å². The molecule has 100 valence electrons. The second kappa shape index (κ2) is 4.94. The molecule has 0 atom stereocenters. The van der Waals surface area contributed by atoms with Crippen LogP contribution in [0.3, 0.4) is 0 Å². The van der Waals surface area contributed by atoms with Crippen LogP contribution in [0, 0.1) is 18.6 Å². The zero-order chi connectivity index (χ0) is 13.3. The molecule has 0 spiro atoms. The van der Waals surface area contributed by atoms with E-state index < -0.39 is 17.2 Å². The van der Waals surface area contributed by atoms with E-state index in [4.69, 9.17) is 4.74 Å². The van der Waals surface area contributed by atoms with Crippen LogP contribution >= 0.6 is 0 Å². The van der Waals surface area contributed by atoms with E-state index in [1.807, 2.05) is 0 Å². The molecule has 18 heavy (non-hydrogen) atoms. The zero-order valence-corrected chi connectivity index (χ0v) is 10.7. The van der Waals surface area contributed by atoms with E-state index in [9.17, 15) is 13.9 Å². The topological polar surface area (TPSA) is 29.5 Å². The summed E-state index contributed by atoms with van der Waals surface area (Å²) in [5, 5.41) is 10.5. The number of hydrogen-bond acceptors (Lipinski definition) is 2. The maximum atomic E-state index is 13.9. The second-order valence-corrected chi connectivity index (χ2v) is 5.02. The maximum Gasteiger partial charge on any atom is 0.165 e. The van der Waals surface area contributed by atoms with E-state index in [1.54, 1.807) is 7.11 Å². The number of benzene rings is 1. The van der Waals surface area contributed by atoms with Gasteiger partial charge in [-0.15, -0.1) is 0 Å². The molecule has 1 aliphatic carbocycles. The molecule has 1 saturated carbocycles. The fourth-order valence-electron chi connectivity index (χ4n) is 2.58. The highest BCUT2D eigenvalue weighted by Gasteiger charge is 2.37.